The molecule has 1 rings (SSSR count). The van der Waals surface area contributed by atoms with Crippen molar-refractivity contribution in [1.82, 2.24) is 4.90 Å². The predicted octanol–water partition coefficient (Wildman–Crippen LogP) is 1.49. The number of ether oxygens (including phenoxy) is 1. The summed E-state index contributed by atoms with van der Waals surface area (Å²) < 4.78 is 5.40. The molecular weight excluding hydrogens is 152 g/mol. The fourth-order valence-electron chi connectivity index (χ4n) is 1.23. The summed E-state index contributed by atoms with van der Waals surface area (Å²) in [6, 6.07) is 1.19. The van der Waals surface area contributed by atoms with Crippen LogP contribution >= 0.6 is 0 Å². The molecule has 1 aliphatic rings. The molecule has 0 aromatic rings. The third kappa shape index (κ3) is 2.40. The lowest BCUT2D eigenvalue weighted by Gasteiger charge is -2.09. The zero-order valence-electron chi connectivity index (χ0n) is 8.21. The highest BCUT2D eigenvalue weighted by atomic mass is 16.5. The third-order valence-corrected chi connectivity index (χ3v) is 1.97. The maximum Gasteiger partial charge on any atom is 0.287 e. The summed E-state index contributed by atoms with van der Waals surface area (Å²) in [7, 11) is 3.92. The van der Waals surface area contributed by atoms with Gasteiger partial charge in [0.25, 0.3) is 6.02 Å². The molecule has 3 nitrogen and oxygen atoms in total. The highest BCUT2D eigenvalue weighted by molar-refractivity contribution is 5.74. The Hall–Kier alpha value is -0.730. The normalized spacial score (nSPS) is 21.9. The van der Waals surface area contributed by atoms with Gasteiger partial charge in [-0.15, -0.1) is 0 Å². The van der Waals surface area contributed by atoms with E-state index in [-0.39, 0.29) is 0 Å². The first-order valence-electron chi connectivity index (χ1n) is 4.62. The van der Waals surface area contributed by atoms with Gasteiger partial charge in [-0.05, 0) is 6.42 Å². The molecule has 12 heavy (non-hydrogen) atoms. The summed E-state index contributed by atoms with van der Waals surface area (Å²) in [5, 5.41) is 0. The number of amidine groups is 1. The fourth-order valence-corrected chi connectivity index (χ4v) is 1.23. The van der Waals surface area contributed by atoms with E-state index < -0.39 is 0 Å². The number of aliphatic imine (C=N–C) groups is 1. The minimum Gasteiger partial charge on any atom is -0.463 e. The molecule has 70 valence electrons. The number of hydrogen-bond donors (Lipinski definition) is 0. The standard InChI is InChI=1S/C9H18N2O/c1-4-5-6-8-7-12-9(10-8)11(2)3/h8H,4-7H2,1-3H3. The van der Waals surface area contributed by atoms with Gasteiger partial charge in [-0.2, -0.15) is 0 Å². The van der Waals surface area contributed by atoms with Crippen LogP contribution in [0.2, 0.25) is 0 Å². The molecule has 0 bridgehead atoms. The first-order valence-corrected chi connectivity index (χ1v) is 4.62. The first kappa shape index (κ1) is 9.36. The van der Waals surface area contributed by atoms with E-state index in [9.17, 15) is 0 Å². The summed E-state index contributed by atoms with van der Waals surface area (Å²) in [6.45, 7) is 2.97. The Bertz CT molecular complexity index is 166. The van der Waals surface area contributed by atoms with Crippen LogP contribution < -0.4 is 0 Å². The third-order valence-electron chi connectivity index (χ3n) is 1.97. The second-order valence-electron chi connectivity index (χ2n) is 3.41. The molecule has 0 aromatic carbocycles. The molecule has 0 N–H and O–H groups in total. The van der Waals surface area contributed by atoms with Crippen LogP contribution in [-0.2, 0) is 4.74 Å². The Morgan fingerprint density at radius 3 is 2.83 bits per heavy atom. The average Bonchev–Trinajstić information content (AvgIpc) is 2.48. The minimum absolute atomic E-state index is 0.405. The molecular formula is C9H18N2O. The Morgan fingerprint density at radius 1 is 1.58 bits per heavy atom. The van der Waals surface area contributed by atoms with E-state index >= 15 is 0 Å². The summed E-state index contributed by atoms with van der Waals surface area (Å²) in [5.41, 5.74) is 0. The molecule has 3 heteroatoms. The highest BCUT2D eigenvalue weighted by Crippen LogP contribution is 2.12. The lowest BCUT2D eigenvalue weighted by molar-refractivity contribution is 0.273. The predicted molar refractivity (Wildman–Crippen MR) is 50.4 cm³/mol. The van der Waals surface area contributed by atoms with E-state index in [1.54, 1.807) is 0 Å². The molecule has 0 aromatic heterocycles. The van der Waals surface area contributed by atoms with Gasteiger partial charge in [0.1, 0.15) is 6.61 Å². The van der Waals surface area contributed by atoms with Crippen LogP contribution in [0.1, 0.15) is 26.2 Å². The maximum atomic E-state index is 5.40. The van der Waals surface area contributed by atoms with E-state index in [2.05, 4.69) is 11.9 Å². The fraction of sp³-hybridized carbons (Fsp3) is 0.889. The van der Waals surface area contributed by atoms with Crippen molar-refractivity contribution in [1.29, 1.82) is 0 Å². The number of hydrogen-bond acceptors (Lipinski definition) is 3. The van der Waals surface area contributed by atoms with Crippen molar-refractivity contribution in [3.05, 3.63) is 0 Å². The maximum absolute atomic E-state index is 5.40. The Kier molecular flexibility index (Phi) is 3.38. The van der Waals surface area contributed by atoms with E-state index in [0.29, 0.717) is 6.04 Å². The van der Waals surface area contributed by atoms with Gasteiger partial charge in [-0.1, -0.05) is 19.8 Å². The molecule has 0 radical (unpaired) electrons. The molecule has 0 fully saturated rings. The van der Waals surface area contributed by atoms with Crippen molar-refractivity contribution in [3.63, 3.8) is 0 Å². The van der Waals surface area contributed by atoms with Gasteiger partial charge in [0.15, 0.2) is 0 Å². The summed E-state index contributed by atoms with van der Waals surface area (Å²) >= 11 is 0. The largest absolute Gasteiger partial charge is 0.463 e. The van der Waals surface area contributed by atoms with Crippen molar-refractivity contribution in [2.24, 2.45) is 4.99 Å². The topological polar surface area (TPSA) is 24.8 Å². The van der Waals surface area contributed by atoms with Crippen LogP contribution in [0.15, 0.2) is 4.99 Å². The lowest BCUT2D eigenvalue weighted by atomic mass is 10.1. The summed E-state index contributed by atoms with van der Waals surface area (Å²) in [4.78, 5) is 6.37. The number of rotatable bonds is 3. The Labute approximate surface area is 74.4 Å². The van der Waals surface area contributed by atoms with Gasteiger partial charge in [-0.3, -0.25) is 0 Å². The van der Waals surface area contributed by atoms with Gasteiger partial charge < -0.3 is 9.64 Å². The number of nitrogens with zero attached hydrogens (tertiary/aromatic N) is 2. The molecule has 0 amide bonds. The summed E-state index contributed by atoms with van der Waals surface area (Å²) in [5.74, 6) is 0. The molecule has 1 heterocycles. The zero-order chi connectivity index (χ0) is 8.97. The zero-order valence-corrected chi connectivity index (χ0v) is 8.21. The second kappa shape index (κ2) is 4.33. The van der Waals surface area contributed by atoms with E-state index in [4.69, 9.17) is 4.74 Å². The van der Waals surface area contributed by atoms with Crippen LogP contribution in [0.4, 0.5) is 0 Å². The van der Waals surface area contributed by atoms with E-state index in [1.165, 1.54) is 12.8 Å². The van der Waals surface area contributed by atoms with E-state index in [0.717, 1.165) is 19.0 Å². The second-order valence-corrected chi connectivity index (χ2v) is 3.41. The molecule has 1 atom stereocenters. The van der Waals surface area contributed by atoms with Crippen molar-refractivity contribution in [2.45, 2.75) is 32.2 Å². The smallest absolute Gasteiger partial charge is 0.287 e. The van der Waals surface area contributed by atoms with Crippen LogP contribution in [0.5, 0.6) is 0 Å². The van der Waals surface area contributed by atoms with Crippen molar-refractivity contribution >= 4 is 6.02 Å². The van der Waals surface area contributed by atoms with Crippen LogP contribution in [0.25, 0.3) is 0 Å². The lowest BCUT2D eigenvalue weighted by Crippen LogP contribution is -2.21. The van der Waals surface area contributed by atoms with Crippen LogP contribution in [-0.4, -0.2) is 37.7 Å². The SMILES string of the molecule is CCCCC1COC(N(C)C)=N1. The average molecular weight is 170 g/mol. The van der Waals surface area contributed by atoms with Crippen LogP contribution in [0.3, 0.4) is 0 Å². The van der Waals surface area contributed by atoms with Crippen molar-refractivity contribution in [2.75, 3.05) is 20.7 Å². The molecule has 1 aliphatic heterocycles. The quantitative estimate of drug-likeness (QED) is 0.641. The summed E-state index contributed by atoms with van der Waals surface area (Å²) in [6.07, 6.45) is 3.65. The molecule has 0 saturated carbocycles. The highest BCUT2D eigenvalue weighted by Gasteiger charge is 2.18. The van der Waals surface area contributed by atoms with Gasteiger partial charge in [0.05, 0.1) is 6.04 Å². The molecule has 0 saturated heterocycles. The van der Waals surface area contributed by atoms with Gasteiger partial charge >= 0.3 is 0 Å². The number of unbranched alkanes of at least 4 members (excludes halogenated alkanes) is 1. The first-order chi connectivity index (χ1) is 5.74. The molecule has 0 aliphatic carbocycles. The Balaban J connectivity index is 2.31. The van der Waals surface area contributed by atoms with Gasteiger partial charge in [0, 0.05) is 14.1 Å². The monoisotopic (exact) mass is 170 g/mol. The molecule has 1 unspecified atom stereocenters. The van der Waals surface area contributed by atoms with E-state index in [1.807, 2.05) is 19.0 Å². The molecule has 0 spiro atoms. The van der Waals surface area contributed by atoms with Crippen molar-refractivity contribution < 1.29 is 4.74 Å². The minimum atomic E-state index is 0.405. The Morgan fingerprint density at radius 2 is 2.33 bits per heavy atom. The van der Waals surface area contributed by atoms with Gasteiger partial charge in [0.2, 0.25) is 0 Å². The van der Waals surface area contributed by atoms with Crippen molar-refractivity contribution in [3.8, 4) is 0 Å². The van der Waals surface area contributed by atoms with Gasteiger partial charge in [-0.25, -0.2) is 4.99 Å². The van der Waals surface area contributed by atoms with Crippen LogP contribution in [0, 0.1) is 0 Å².